The quantitative estimate of drug-likeness (QED) is 0.576. The summed E-state index contributed by atoms with van der Waals surface area (Å²) in [4.78, 5) is 47.4. The smallest absolute Gasteiger partial charge is 0.325 e. The van der Waals surface area contributed by atoms with Gasteiger partial charge >= 0.3 is 6.03 Å². The van der Waals surface area contributed by atoms with Crippen LogP contribution in [0.2, 0.25) is 0 Å². The molecule has 160 valence electrons. The van der Waals surface area contributed by atoms with Crippen molar-refractivity contribution in [1.29, 1.82) is 0 Å². The summed E-state index contributed by atoms with van der Waals surface area (Å²) in [5.74, 6) is 4.59. The Morgan fingerprint density at radius 3 is 2.71 bits per heavy atom. The molecule has 1 atom stereocenters. The van der Waals surface area contributed by atoms with E-state index in [1.165, 1.54) is 4.90 Å². The summed E-state index contributed by atoms with van der Waals surface area (Å²) in [6.07, 6.45) is 3.43. The Bertz CT molecular complexity index is 1020. The zero-order valence-corrected chi connectivity index (χ0v) is 18.2. The highest BCUT2D eigenvalue weighted by molar-refractivity contribution is 7.09. The molecule has 8 heteroatoms. The molecule has 2 aliphatic rings. The molecule has 0 spiro atoms. The van der Waals surface area contributed by atoms with Crippen LogP contribution in [0.25, 0.3) is 0 Å². The summed E-state index contributed by atoms with van der Waals surface area (Å²) >= 11 is 1.61. The minimum absolute atomic E-state index is 0.163. The maximum absolute atomic E-state index is 13.7. The van der Waals surface area contributed by atoms with E-state index in [2.05, 4.69) is 22.1 Å². The van der Waals surface area contributed by atoms with Gasteiger partial charge in [0.25, 0.3) is 11.8 Å². The summed E-state index contributed by atoms with van der Waals surface area (Å²) in [6.45, 7) is 2.94. The number of nitrogens with zero attached hydrogens (tertiary/aromatic N) is 3. The number of amides is 4. The van der Waals surface area contributed by atoms with Crippen LogP contribution < -0.4 is 5.32 Å². The number of thiophene rings is 1. The molecule has 2 aromatic rings. The van der Waals surface area contributed by atoms with Crippen LogP contribution in [0.15, 0.2) is 41.9 Å². The predicted molar refractivity (Wildman–Crippen MR) is 117 cm³/mol. The van der Waals surface area contributed by atoms with Crippen molar-refractivity contribution in [2.75, 3.05) is 19.6 Å². The number of likely N-dealkylation sites (tertiary alicyclic amines) is 1. The summed E-state index contributed by atoms with van der Waals surface area (Å²) in [5.41, 5.74) is -0.663. The lowest BCUT2D eigenvalue weighted by Gasteiger charge is -2.40. The summed E-state index contributed by atoms with van der Waals surface area (Å²) in [5, 5.41) is 4.98. The van der Waals surface area contributed by atoms with Gasteiger partial charge in [0.2, 0.25) is 0 Å². The van der Waals surface area contributed by atoms with Crippen LogP contribution in [-0.2, 0) is 21.5 Å². The molecule has 4 amide bonds. The van der Waals surface area contributed by atoms with Crippen LogP contribution in [-0.4, -0.2) is 52.3 Å². The van der Waals surface area contributed by atoms with Gasteiger partial charge in [-0.05, 0) is 55.7 Å². The predicted octanol–water partition coefficient (Wildman–Crippen LogP) is 2.39. The Kier molecular flexibility index (Phi) is 6.05. The Balaban J connectivity index is 1.59. The molecule has 2 aromatic heterocycles. The largest absolute Gasteiger partial charge is 0.332 e. The lowest BCUT2D eigenvalue weighted by atomic mass is 9.75. The Hall–Kier alpha value is -3.18. The van der Waals surface area contributed by atoms with Gasteiger partial charge < -0.3 is 10.2 Å². The van der Waals surface area contributed by atoms with Crippen LogP contribution in [0.4, 0.5) is 4.79 Å². The van der Waals surface area contributed by atoms with Gasteiger partial charge in [-0.25, -0.2) is 4.79 Å². The number of rotatable bonds is 5. The molecule has 4 rings (SSSR count). The number of nitrogens with one attached hydrogen (secondary N) is 1. The van der Waals surface area contributed by atoms with Gasteiger partial charge in [-0.3, -0.25) is 19.5 Å². The van der Waals surface area contributed by atoms with Crippen molar-refractivity contribution in [3.8, 4) is 11.8 Å². The molecule has 2 aliphatic heterocycles. The maximum Gasteiger partial charge on any atom is 0.325 e. The van der Waals surface area contributed by atoms with E-state index in [1.54, 1.807) is 41.5 Å². The van der Waals surface area contributed by atoms with E-state index in [0.29, 0.717) is 44.6 Å². The first kappa shape index (κ1) is 21.1. The number of imide groups is 1. The maximum atomic E-state index is 13.7. The van der Waals surface area contributed by atoms with E-state index in [1.807, 2.05) is 23.6 Å². The first-order valence-electron chi connectivity index (χ1n) is 10.4. The number of aromatic nitrogens is 1. The van der Waals surface area contributed by atoms with E-state index >= 15 is 0 Å². The Morgan fingerprint density at radius 1 is 1.26 bits per heavy atom. The van der Waals surface area contributed by atoms with Crippen LogP contribution in [0.1, 0.15) is 30.3 Å². The standard InChI is InChI=1S/C23H24N4O3S/c1-2-6-20(28)26-13-9-17(10-14-26)23(19-8-3-4-12-24-19)21(29)27(22(30)25-23)15-11-18-7-5-16-31-18/h3-5,7-8,12,16-17H,9-11,13-15H2,1H3,(H,25,30). The molecule has 0 aliphatic carbocycles. The van der Waals surface area contributed by atoms with Crippen LogP contribution in [0.3, 0.4) is 0 Å². The molecule has 1 N–H and O–H groups in total. The number of hydrogen-bond acceptors (Lipinski definition) is 5. The first-order valence-corrected chi connectivity index (χ1v) is 11.2. The molecule has 2 saturated heterocycles. The molecule has 0 aromatic carbocycles. The molecule has 2 fully saturated rings. The number of hydrogen-bond donors (Lipinski definition) is 1. The van der Waals surface area contributed by atoms with Crippen molar-refractivity contribution in [3.63, 3.8) is 0 Å². The van der Waals surface area contributed by atoms with Crippen molar-refractivity contribution in [2.45, 2.75) is 31.7 Å². The van der Waals surface area contributed by atoms with Crippen LogP contribution in [0.5, 0.6) is 0 Å². The van der Waals surface area contributed by atoms with E-state index in [9.17, 15) is 14.4 Å². The number of carbonyl (C=O) groups is 3. The zero-order chi connectivity index (χ0) is 21.8. The topological polar surface area (TPSA) is 82.6 Å². The summed E-state index contributed by atoms with van der Waals surface area (Å²) in [6, 6.07) is 8.98. The fraction of sp³-hybridized carbons (Fsp3) is 0.391. The highest BCUT2D eigenvalue weighted by Crippen LogP contribution is 2.40. The van der Waals surface area contributed by atoms with E-state index in [0.717, 1.165) is 4.88 Å². The highest BCUT2D eigenvalue weighted by Gasteiger charge is 2.58. The zero-order valence-electron chi connectivity index (χ0n) is 17.3. The van der Waals surface area contributed by atoms with Crippen molar-refractivity contribution in [1.82, 2.24) is 20.1 Å². The third kappa shape index (κ3) is 3.93. The van der Waals surface area contributed by atoms with Crippen molar-refractivity contribution in [3.05, 3.63) is 52.5 Å². The second-order valence-electron chi connectivity index (χ2n) is 7.68. The third-order valence-electron chi connectivity index (χ3n) is 5.99. The number of piperidine rings is 1. The van der Waals surface area contributed by atoms with Gasteiger partial charge in [0, 0.05) is 36.6 Å². The number of urea groups is 1. The minimum Gasteiger partial charge on any atom is -0.332 e. The second kappa shape index (κ2) is 8.90. The minimum atomic E-state index is -1.21. The fourth-order valence-electron chi connectivity index (χ4n) is 4.43. The van der Waals surface area contributed by atoms with Gasteiger partial charge in [0.05, 0.1) is 5.69 Å². The second-order valence-corrected chi connectivity index (χ2v) is 8.71. The Morgan fingerprint density at radius 2 is 2.06 bits per heavy atom. The Labute approximate surface area is 185 Å². The van der Waals surface area contributed by atoms with Crippen molar-refractivity contribution in [2.24, 2.45) is 5.92 Å². The number of pyridine rings is 1. The lowest BCUT2D eigenvalue weighted by Crippen LogP contribution is -2.54. The molecular weight excluding hydrogens is 412 g/mol. The van der Waals surface area contributed by atoms with E-state index in [-0.39, 0.29) is 23.8 Å². The molecule has 0 bridgehead atoms. The monoisotopic (exact) mass is 436 g/mol. The van der Waals surface area contributed by atoms with Crippen LogP contribution in [0, 0.1) is 17.8 Å². The lowest BCUT2D eigenvalue weighted by molar-refractivity contribution is -0.135. The van der Waals surface area contributed by atoms with Crippen molar-refractivity contribution >= 4 is 29.2 Å². The van der Waals surface area contributed by atoms with E-state index in [4.69, 9.17) is 0 Å². The molecule has 0 radical (unpaired) electrons. The molecule has 31 heavy (non-hydrogen) atoms. The SMILES string of the molecule is CC#CC(=O)N1CCC(C2(c3ccccn3)NC(=O)N(CCc3cccs3)C2=O)CC1. The van der Waals surface area contributed by atoms with Crippen molar-refractivity contribution < 1.29 is 14.4 Å². The molecule has 7 nitrogen and oxygen atoms in total. The van der Waals surface area contributed by atoms with Gasteiger partial charge in [-0.2, -0.15) is 0 Å². The highest BCUT2D eigenvalue weighted by atomic mass is 32.1. The molecule has 0 saturated carbocycles. The van der Waals surface area contributed by atoms with Gasteiger partial charge in [-0.15, -0.1) is 11.3 Å². The summed E-state index contributed by atoms with van der Waals surface area (Å²) in [7, 11) is 0. The number of carbonyl (C=O) groups excluding carboxylic acids is 3. The fourth-order valence-corrected chi connectivity index (χ4v) is 5.13. The molecule has 4 heterocycles. The third-order valence-corrected chi connectivity index (χ3v) is 6.93. The van der Waals surface area contributed by atoms with E-state index < -0.39 is 5.54 Å². The summed E-state index contributed by atoms with van der Waals surface area (Å²) < 4.78 is 0. The van der Waals surface area contributed by atoms with Gasteiger partial charge in [0.15, 0.2) is 5.54 Å². The van der Waals surface area contributed by atoms with Crippen LogP contribution >= 0.6 is 11.3 Å². The first-order chi connectivity index (χ1) is 15.1. The molecule has 1 unspecified atom stereocenters. The average Bonchev–Trinajstić information content (AvgIpc) is 3.40. The average molecular weight is 437 g/mol. The van der Waals surface area contributed by atoms with Gasteiger partial charge in [0.1, 0.15) is 0 Å². The van der Waals surface area contributed by atoms with Gasteiger partial charge in [-0.1, -0.05) is 18.1 Å². The normalized spacial score (nSPS) is 21.6. The molecular formula is C23H24N4O3S.